The van der Waals surface area contributed by atoms with Crippen LogP contribution in [-0.2, 0) is 13.5 Å². The summed E-state index contributed by atoms with van der Waals surface area (Å²) in [6.45, 7) is 1.76. The minimum atomic E-state index is -0.380. The van der Waals surface area contributed by atoms with Gasteiger partial charge in [-0.3, -0.25) is 9.48 Å². The number of halogens is 1. The molecule has 0 aliphatic heterocycles. The highest BCUT2D eigenvalue weighted by molar-refractivity contribution is 5.97. The first-order chi connectivity index (χ1) is 8.04. The van der Waals surface area contributed by atoms with Crippen LogP contribution in [0, 0.1) is 12.7 Å². The molecule has 4 heteroatoms. The second-order valence-electron chi connectivity index (χ2n) is 4.10. The molecule has 0 amide bonds. The van der Waals surface area contributed by atoms with E-state index in [1.54, 1.807) is 37.0 Å². The van der Waals surface area contributed by atoms with Crippen molar-refractivity contribution in [3.05, 3.63) is 53.1 Å². The van der Waals surface area contributed by atoms with E-state index in [-0.39, 0.29) is 18.0 Å². The number of Topliss-reactive ketones (excluding diaryl/α,β-unsaturated/α-hetero) is 1. The summed E-state index contributed by atoms with van der Waals surface area (Å²) in [5.74, 6) is -0.499. The van der Waals surface area contributed by atoms with Gasteiger partial charge in [0.25, 0.3) is 0 Å². The van der Waals surface area contributed by atoms with Crippen molar-refractivity contribution < 1.29 is 9.18 Å². The van der Waals surface area contributed by atoms with Gasteiger partial charge in [0.2, 0.25) is 0 Å². The summed E-state index contributed by atoms with van der Waals surface area (Å²) in [6, 6.07) is 6.13. The van der Waals surface area contributed by atoms with Crippen molar-refractivity contribution in [1.82, 2.24) is 9.78 Å². The van der Waals surface area contributed by atoms with E-state index in [2.05, 4.69) is 5.10 Å². The molecule has 0 bridgehead atoms. The maximum atomic E-state index is 13.2. The lowest BCUT2D eigenvalue weighted by Crippen LogP contribution is -2.05. The van der Waals surface area contributed by atoms with Crippen molar-refractivity contribution in [2.45, 2.75) is 13.3 Å². The molecule has 0 radical (unpaired) electrons. The van der Waals surface area contributed by atoms with Crippen molar-refractivity contribution in [3.8, 4) is 0 Å². The maximum Gasteiger partial charge on any atom is 0.168 e. The lowest BCUT2D eigenvalue weighted by Gasteiger charge is -2.01. The predicted molar refractivity (Wildman–Crippen MR) is 62.4 cm³/mol. The fourth-order valence-corrected chi connectivity index (χ4v) is 1.72. The number of carbonyl (C=O) groups is 1. The molecule has 0 saturated heterocycles. The Hall–Kier alpha value is -1.97. The van der Waals surface area contributed by atoms with Gasteiger partial charge in [0.1, 0.15) is 5.82 Å². The zero-order valence-corrected chi connectivity index (χ0v) is 9.77. The van der Waals surface area contributed by atoms with Gasteiger partial charge in [0.15, 0.2) is 5.78 Å². The molecule has 0 saturated carbocycles. The standard InChI is InChI=1S/C13H13FN2O/c1-9-5-10(7-11(14)6-9)13(17)8-12-3-4-16(2)15-12/h3-7H,8H2,1-2H3. The van der Waals surface area contributed by atoms with E-state index >= 15 is 0 Å². The molecule has 0 aliphatic carbocycles. The van der Waals surface area contributed by atoms with Crippen LogP contribution >= 0.6 is 0 Å². The molecule has 0 N–H and O–H groups in total. The fourth-order valence-electron chi connectivity index (χ4n) is 1.72. The molecule has 0 spiro atoms. The molecule has 2 aromatic rings. The van der Waals surface area contributed by atoms with Crippen LogP contribution in [0.1, 0.15) is 21.6 Å². The summed E-state index contributed by atoms with van der Waals surface area (Å²) in [6.07, 6.45) is 1.98. The van der Waals surface area contributed by atoms with E-state index < -0.39 is 0 Å². The number of carbonyl (C=O) groups excluding carboxylic acids is 1. The molecule has 1 aromatic heterocycles. The van der Waals surface area contributed by atoms with E-state index in [9.17, 15) is 9.18 Å². The first-order valence-corrected chi connectivity index (χ1v) is 5.33. The van der Waals surface area contributed by atoms with Gasteiger partial charge in [-0.1, -0.05) is 0 Å². The van der Waals surface area contributed by atoms with Gasteiger partial charge in [-0.25, -0.2) is 4.39 Å². The smallest absolute Gasteiger partial charge is 0.168 e. The summed E-state index contributed by atoms with van der Waals surface area (Å²) in [7, 11) is 1.79. The number of hydrogen-bond donors (Lipinski definition) is 0. The van der Waals surface area contributed by atoms with E-state index in [0.29, 0.717) is 11.3 Å². The quantitative estimate of drug-likeness (QED) is 0.761. The molecular weight excluding hydrogens is 219 g/mol. The van der Waals surface area contributed by atoms with Crippen LogP contribution in [0.5, 0.6) is 0 Å². The molecule has 0 atom stereocenters. The predicted octanol–water partition coefficient (Wildman–Crippen LogP) is 2.29. The van der Waals surface area contributed by atoms with Crippen molar-refractivity contribution >= 4 is 5.78 Å². The third-order valence-electron chi connectivity index (χ3n) is 2.47. The van der Waals surface area contributed by atoms with Crippen molar-refractivity contribution in [1.29, 1.82) is 0 Å². The summed E-state index contributed by atoms with van der Waals surface area (Å²) in [4.78, 5) is 11.9. The highest BCUT2D eigenvalue weighted by Gasteiger charge is 2.10. The normalized spacial score (nSPS) is 10.5. The van der Waals surface area contributed by atoms with Gasteiger partial charge >= 0.3 is 0 Å². The Balaban J connectivity index is 2.19. The lowest BCUT2D eigenvalue weighted by molar-refractivity contribution is 0.0991. The number of nitrogens with zero attached hydrogens (tertiary/aromatic N) is 2. The Morgan fingerprint density at radius 1 is 1.41 bits per heavy atom. The number of aryl methyl sites for hydroxylation is 2. The monoisotopic (exact) mass is 232 g/mol. The van der Waals surface area contributed by atoms with E-state index in [1.807, 2.05) is 0 Å². The molecule has 0 aliphatic rings. The Bertz CT molecular complexity index is 540. The van der Waals surface area contributed by atoms with Gasteiger partial charge in [0.05, 0.1) is 12.1 Å². The van der Waals surface area contributed by atoms with Crippen LogP contribution in [-0.4, -0.2) is 15.6 Å². The Labute approximate surface area is 98.9 Å². The van der Waals surface area contributed by atoms with Crippen LogP contribution in [0.3, 0.4) is 0 Å². The van der Waals surface area contributed by atoms with Crippen LogP contribution in [0.2, 0.25) is 0 Å². The summed E-state index contributed by atoms with van der Waals surface area (Å²) in [5, 5.41) is 4.12. The van der Waals surface area contributed by atoms with Crippen molar-refractivity contribution in [2.75, 3.05) is 0 Å². The maximum absolute atomic E-state index is 13.2. The zero-order chi connectivity index (χ0) is 12.4. The zero-order valence-electron chi connectivity index (χ0n) is 9.77. The number of benzene rings is 1. The topological polar surface area (TPSA) is 34.9 Å². The van der Waals surface area contributed by atoms with Crippen LogP contribution in [0.4, 0.5) is 4.39 Å². The van der Waals surface area contributed by atoms with Crippen LogP contribution in [0.15, 0.2) is 30.5 Å². The van der Waals surface area contributed by atoms with Gasteiger partial charge in [0, 0.05) is 18.8 Å². The lowest BCUT2D eigenvalue weighted by atomic mass is 10.0. The number of ketones is 1. The summed E-state index contributed by atoms with van der Waals surface area (Å²) < 4.78 is 14.8. The van der Waals surface area contributed by atoms with Gasteiger partial charge in [-0.2, -0.15) is 5.10 Å². The molecule has 1 aromatic carbocycles. The molecule has 88 valence electrons. The first-order valence-electron chi connectivity index (χ1n) is 5.33. The minimum absolute atomic E-state index is 0.119. The Kier molecular flexibility index (Phi) is 3.04. The Morgan fingerprint density at radius 3 is 2.76 bits per heavy atom. The van der Waals surface area contributed by atoms with E-state index in [1.165, 1.54) is 12.1 Å². The highest BCUT2D eigenvalue weighted by Crippen LogP contribution is 2.11. The number of rotatable bonds is 3. The summed E-state index contributed by atoms with van der Waals surface area (Å²) in [5.41, 5.74) is 1.84. The highest BCUT2D eigenvalue weighted by atomic mass is 19.1. The molecular formula is C13H13FN2O. The van der Waals surface area contributed by atoms with E-state index in [4.69, 9.17) is 0 Å². The van der Waals surface area contributed by atoms with Gasteiger partial charge in [-0.15, -0.1) is 0 Å². The average Bonchev–Trinajstić information content (AvgIpc) is 2.62. The summed E-state index contributed by atoms with van der Waals surface area (Å²) >= 11 is 0. The van der Waals surface area contributed by atoms with Crippen molar-refractivity contribution in [2.24, 2.45) is 7.05 Å². The first kappa shape index (κ1) is 11.5. The van der Waals surface area contributed by atoms with Crippen LogP contribution < -0.4 is 0 Å². The largest absolute Gasteiger partial charge is 0.294 e. The minimum Gasteiger partial charge on any atom is -0.294 e. The Morgan fingerprint density at radius 2 is 2.18 bits per heavy atom. The number of aromatic nitrogens is 2. The molecule has 2 rings (SSSR count). The third kappa shape index (κ3) is 2.78. The second-order valence-corrected chi connectivity index (χ2v) is 4.10. The van der Waals surface area contributed by atoms with Gasteiger partial charge in [-0.05, 0) is 36.8 Å². The third-order valence-corrected chi connectivity index (χ3v) is 2.47. The van der Waals surface area contributed by atoms with Gasteiger partial charge < -0.3 is 0 Å². The van der Waals surface area contributed by atoms with Crippen LogP contribution in [0.25, 0.3) is 0 Å². The SMILES string of the molecule is Cc1cc(F)cc(C(=O)Cc2ccn(C)n2)c1. The molecule has 1 heterocycles. The average molecular weight is 232 g/mol. The number of hydrogen-bond acceptors (Lipinski definition) is 2. The second kappa shape index (κ2) is 4.49. The van der Waals surface area contributed by atoms with Crippen molar-refractivity contribution in [3.63, 3.8) is 0 Å². The molecule has 0 fully saturated rings. The fraction of sp³-hybridized carbons (Fsp3) is 0.231. The molecule has 17 heavy (non-hydrogen) atoms. The molecule has 0 unspecified atom stereocenters. The van der Waals surface area contributed by atoms with E-state index in [0.717, 1.165) is 5.56 Å². The molecule has 3 nitrogen and oxygen atoms in total.